The van der Waals surface area contributed by atoms with Crippen molar-refractivity contribution in [2.75, 3.05) is 32.7 Å². The first-order valence-corrected chi connectivity index (χ1v) is 7.46. The summed E-state index contributed by atoms with van der Waals surface area (Å²) in [6.07, 6.45) is 3.97. The molecule has 0 aromatic heterocycles. The maximum Gasteiger partial charge on any atom is 0.253 e. The number of hydrogen-bond donors (Lipinski definition) is 0. The molecule has 1 aromatic carbocycles. The lowest BCUT2D eigenvalue weighted by Gasteiger charge is -2.21. The van der Waals surface area contributed by atoms with Crippen LogP contribution < -0.4 is 0 Å². The molecule has 0 unspecified atom stereocenters. The highest BCUT2D eigenvalue weighted by atomic mass is 16.2. The van der Waals surface area contributed by atoms with Gasteiger partial charge >= 0.3 is 0 Å². The number of amides is 1. The lowest BCUT2D eigenvalue weighted by Crippen LogP contribution is -2.35. The molecule has 0 saturated carbocycles. The molecule has 1 aromatic rings. The third-order valence-electron chi connectivity index (χ3n) is 3.87. The van der Waals surface area contributed by atoms with Crippen LogP contribution in [0, 0.1) is 0 Å². The number of carbonyl (C=O) groups excluding carboxylic acids is 1. The van der Waals surface area contributed by atoms with Crippen molar-refractivity contribution in [1.29, 1.82) is 0 Å². The van der Waals surface area contributed by atoms with Crippen molar-refractivity contribution in [2.45, 2.75) is 19.8 Å². The molecule has 108 valence electrons. The standard InChI is InChI=1S/C17H24N2O/c1-3-10-18-11-5-12-19(14-13-18)17(20)16-8-6-15(4-2)7-9-16/h3,6-9H,1,4-5,10-14H2,2H3. The van der Waals surface area contributed by atoms with E-state index in [1.807, 2.05) is 23.1 Å². The van der Waals surface area contributed by atoms with Gasteiger partial charge < -0.3 is 4.90 Å². The maximum atomic E-state index is 12.5. The fourth-order valence-electron chi connectivity index (χ4n) is 2.60. The zero-order valence-corrected chi connectivity index (χ0v) is 12.3. The SMILES string of the molecule is C=CCN1CCCN(C(=O)c2ccc(CC)cc2)CC1. The number of nitrogens with zero attached hydrogens (tertiary/aromatic N) is 2. The third kappa shape index (κ3) is 3.70. The molecule has 1 amide bonds. The van der Waals surface area contributed by atoms with E-state index in [4.69, 9.17) is 0 Å². The van der Waals surface area contributed by atoms with E-state index in [1.165, 1.54) is 5.56 Å². The molecule has 20 heavy (non-hydrogen) atoms. The van der Waals surface area contributed by atoms with Gasteiger partial charge in [-0.2, -0.15) is 0 Å². The first-order valence-electron chi connectivity index (χ1n) is 7.46. The Bertz CT molecular complexity index is 453. The van der Waals surface area contributed by atoms with Crippen LogP contribution in [0.3, 0.4) is 0 Å². The van der Waals surface area contributed by atoms with E-state index >= 15 is 0 Å². The fraction of sp³-hybridized carbons (Fsp3) is 0.471. The molecule has 1 fully saturated rings. The Morgan fingerprint density at radius 2 is 1.95 bits per heavy atom. The molecule has 0 radical (unpaired) electrons. The fourth-order valence-corrected chi connectivity index (χ4v) is 2.60. The molecular formula is C17H24N2O. The molecule has 0 N–H and O–H groups in total. The third-order valence-corrected chi connectivity index (χ3v) is 3.87. The van der Waals surface area contributed by atoms with Crippen molar-refractivity contribution in [1.82, 2.24) is 9.80 Å². The minimum Gasteiger partial charge on any atom is -0.337 e. The van der Waals surface area contributed by atoms with Crippen LogP contribution in [0.2, 0.25) is 0 Å². The lowest BCUT2D eigenvalue weighted by atomic mass is 10.1. The Kier molecular flexibility index (Phi) is 5.36. The van der Waals surface area contributed by atoms with Crippen molar-refractivity contribution >= 4 is 5.91 Å². The van der Waals surface area contributed by atoms with Crippen LogP contribution >= 0.6 is 0 Å². The van der Waals surface area contributed by atoms with Crippen LogP contribution in [0.5, 0.6) is 0 Å². The average molecular weight is 272 g/mol. The number of hydrogen-bond acceptors (Lipinski definition) is 2. The summed E-state index contributed by atoms with van der Waals surface area (Å²) in [5.41, 5.74) is 2.08. The van der Waals surface area contributed by atoms with Crippen LogP contribution in [0.25, 0.3) is 0 Å². The highest BCUT2D eigenvalue weighted by Gasteiger charge is 2.19. The summed E-state index contributed by atoms with van der Waals surface area (Å²) in [5.74, 6) is 0.160. The van der Waals surface area contributed by atoms with Gasteiger partial charge in [0.2, 0.25) is 0 Å². The van der Waals surface area contributed by atoms with Gasteiger partial charge in [0.25, 0.3) is 5.91 Å². The van der Waals surface area contributed by atoms with Crippen LogP contribution in [-0.4, -0.2) is 48.4 Å². The van der Waals surface area contributed by atoms with Crippen molar-refractivity contribution in [3.8, 4) is 0 Å². The van der Waals surface area contributed by atoms with Gasteiger partial charge in [-0.05, 0) is 30.5 Å². The average Bonchev–Trinajstić information content (AvgIpc) is 2.73. The molecule has 3 heteroatoms. The van der Waals surface area contributed by atoms with Gasteiger partial charge in [0.1, 0.15) is 0 Å². The number of carbonyl (C=O) groups is 1. The van der Waals surface area contributed by atoms with E-state index in [-0.39, 0.29) is 5.91 Å². The minimum atomic E-state index is 0.160. The van der Waals surface area contributed by atoms with Gasteiger partial charge in [-0.25, -0.2) is 0 Å². The smallest absolute Gasteiger partial charge is 0.253 e. The summed E-state index contributed by atoms with van der Waals surface area (Å²) in [7, 11) is 0. The zero-order valence-electron chi connectivity index (χ0n) is 12.3. The van der Waals surface area contributed by atoms with Gasteiger partial charge in [0, 0.05) is 38.3 Å². The second-order valence-electron chi connectivity index (χ2n) is 5.29. The highest BCUT2D eigenvalue weighted by molar-refractivity contribution is 5.94. The Morgan fingerprint density at radius 1 is 1.20 bits per heavy atom. The Balaban J connectivity index is 1.99. The van der Waals surface area contributed by atoms with E-state index < -0.39 is 0 Å². The van der Waals surface area contributed by atoms with E-state index in [0.717, 1.165) is 51.1 Å². The van der Waals surface area contributed by atoms with Crippen molar-refractivity contribution in [3.05, 3.63) is 48.0 Å². The summed E-state index contributed by atoms with van der Waals surface area (Å²) >= 11 is 0. The van der Waals surface area contributed by atoms with E-state index in [0.29, 0.717) is 0 Å². The zero-order chi connectivity index (χ0) is 14.4. The van der Waals surface area contributed by atoms with Gasteiger partial charge in [-0.15, -0.1) is 6.58 Å². The summed E-state index contributed by atoms with van der Waals surface area (Å²) in [6, 6.07) is 8.01. The summed E-state index contributed by atoms with van der Waals surface area (Å²) in [4.78, 5) is 16.8. The van der Waals surface area contributed by atoms with Crippen LogP contribution in [0.1, 0.15) is 29.3 Å². The first-order chi connectivity index (χ1) is 9.74. The normalized spacial score (nSPS) is 16.8. The summed E-state index contributed by atoms with van der Waals surface area (Å²) < 4.78 is 0. The van der Waals surface area contributed by atoms with Crippen LogP contribution in [-0.2, 0) is 6.42 Å². The lowest BCUT2D eigenvalue weighted by molar-refractivity contribution is 0.0762. The quantitative estimate of drug-likeness (QED) is 0.787. The second kappa shape index (κ2) is 7.25. The van der Waals surface area contributed by atoms with E-state index in [1.54, 1.807) is 0 Å². The van der Waals surface area contributed by atoms with Crippen LogP contribution in [0.15, 0.2) is 36.9 Å². The molecule has 2 rings (SSSR count). The van der Waals surface area contributed by atoms with E-state index in [9.17, 15) is 4.79 Å². The molecule has 0 bridgehead atoms. The van der Waals surface area contributed by atoms with Gasteiger partial charge in [-0.1, -0.05) is 25.1 Å². The van der Waals surface area contributed by atoms with Gasteiger partial charge in [0.05, 0.1) is 0 Å². The number of aryl methyl sites for hydroxylation is 1. The first kappa shape index (κ1) is 14.8. The monoisotopic (exact) mass is 272 g/mol. The number of benzene rings is 1. The van der Waals surface area contributed by atoms with Crippen molar-refractivity contribution in [3.63, 3.8) is 0 Å². The largest absolute Gasteiger partial charge is 0.337 e. The molecule has 1 heterocycles. The molecule has 0 spiro atoms. The van der Waals surface area contributed by atoms with Gasteiger partial charge in [0.15, 0.2) is 0 Å². The molecule has 1 aliphatic heterocycles. The second-order valence-corrected chi connectivity index (χ2v) is 5.29. The predicted molar refractivity (Wildman–Crippen MR) is 83.0 cm³/mol. The highest BCUT2D eigenvalue weighted by Crippen LogP contribution is 2.11. The van der Waals surface area contributed by atoms with Gasteiger partial charge in [-0.3, -0.25) is 9.69 Å². The summed E-state index contributed by atoms with van der Waals surface area (Å²) in [6.45, 7) is 10.5. The topological polar surface area (TPSA) is 23.6 Å². The Morgan fingerprint density at radius 3 is 2.60 bits per heavy atom. The van der Waals surface area contributed by atoms with Crippen molar-refractivity contribution < 1.29 is 4.79 Å². The number of rotatable bonds is 4. The maximum absolute atomic E-state index is 12.5. The molecular weight excluding hydrogens is 248 g/mol. The molecule has 3 nitrogen and oxygen atoms in total. The minimum absolute atomic E-state index is 0.160. The molecule has 1 saturated heterocycles. The Labute approximate surface area is 121 Å². The van der Waals surface area contributed by atoms with Crippen molar-refractivity contribution in [2.24, 2.45) is 0 Å². The molecule has 1 aliphatic rings. The molecule has 0 aliphatic carbocycles. The Hall–Kier alpha value is -1.61. The van der Waals surface area contributed by atoms with Crippen LogP contribution in [0.4, 0.5) is 0 Å². The summed E-state index contributed by atoms with van der Waals surface area (Å²) in [5, 5.41) is 0. The molecule has 0 atom stereocenters. The van der Waals surface area contributed by atoms with E-state index in [2.05, 4.69) is 30.5 Å². The predicted octanol–water partition coefficient (Wildman–Crippen LogP) is 2.58.